The van der Waals surface area contributed by atoms with Gasteiger partial charge in [0.05, 0.1) is 36.2 Å². The molecule has 1 fully saturated rings. The molecule has 2 aromatic heterocycles. The molecule has 5 rings (SSSR count). The van der Waals surface area contributed by atoms with Crippen LogP contribution in [0.2, 0.25) is 0 Å². The molecule has 0 aliphatic heterocycles. The number of para-hydroxylation sites is 1. The number of allylic oxidation sites excluding steroid dienone is 1. The van der Waals surface area contributed by atoms with E-state index < -0.39 is 0 Å². The molecule has 3 N–H and O–H groups in total. The van der Waals surface area contributed by atoms with Gasteiger partial charge in [0.15, 0.2) is 5.78 Å². The second-order valence-corrected chi connectivity index (χ2v) is 9.64. The van der Waals surface area contributed by atoms with Crippen molar-refractivity contribution in [2.24, 2.45) is 5.92 Å². The van der Waals surface area contributed by atoms with Crippen molar-refractivity contribution in [3.8, 4) is 0 Å². The number of carbonyl (C=O) groups is 1. The highest BCUT2D eigenvalue weighted by Crippen LogP contribution is 2.43. The zero-order valence-corrected chi connectivity index (χ0v) is 20.1. The third-order valence-electron chi connectivity index (χ3n) is 7.44. The van der Waals surface area contributed by atoms with E-state index in [1.807, 2.05) is 43.3 Å². The van der Waals surface area contributed by atoms with Crippen LogP contribution in [-0.4, -0.2) is 45.2 Å². The van der Waals surface area contributed by atoms with Crippen molar-refractivity contribution in [3.05, 3.63) is 59.0 Å². The zero-order valence-electron chi connectivity index (χ0n) is 20.1. The quantitative estimate of drug-likeness (QED) is 0.563. The predicted molar refractivity (Wildman–Crippen MR) is 137 cm³/mol. The minimum Gasteiger partial charge on any atom is -0.394 e. The number of aliphatic hydroxyl groups excluding tert-OH is 1. The summed E-state index contributed by atoms with van der Waals surface area (Å²) in [7, 11) is 0. The van der Waals surface area contributed by atoms with Gasteiger partial charge in [0.2, 0.25) is 5.95 Å². The number of aromatic nitrogens is 3. The number of rotatable bonds is 5. The summed E-state index contributed by atoms with van der Waals surface area (Å²) in [6.07, 6.45) is 9.02. The van der Waals surface area contributed by atoms with Crippen LogP contribution in [0.15, 0.2) is 36.5 Å². The van der Waals surface area contributed by atoms with Crippen LogP contribution in [0.1, 0.15) is 67.0 Å². The number of Topliss-reactive ketones (excluding diaryl/α,β-unsaturated/α-hetero) is 1. The van der Waals surface area contributed by atoms with Crippen molar-refractivity contribution < 1.29 is 14.6 Å². The molecule has 2 aliphatic rings. The molecule has 0 bridgehead atoms. The number of hydrogen-bond donors (Lipinski definition) is 2. The van der Waals surface area contributed by atoms with Crippen LogP contribution in [-0.2, 0) is 9.53 Å². The Morgan fingerprint density at radius 1 is 1.11 bits per heavy atom. The monoisotopic (exact) mass is 472 g/mol. The van der Waals surface area contributed by atoms with Crippen molar-refractivity contribution in [1.29, 1.82) is 0 Å². The second-order valence-electron chi connectivity index (χ2n) is 9.64. The van der Waals surface area contributed by atoms with Gasteiger partial charge in [0.1, 0.15) is 0 Å². The number of pyridine rings is 1. The van der Waals surface area contributed by atoms with Crippen LogP contribution >= 0.6 is 0 Å². The van der Waals surface area contributed by atoms with E-state index >= 15 is 0 Å². The number of ketones is 1. The first kappa shape index (κ1) is 23.6. The molecular weight excluding hydrogens is 440 g/mol. The summed E-state index contributed by atoms with van der Waals surface area (Å²) in [5.74, 6) is 0.945. The zero-order chi connectivity index (χ0) is 24.4. The van der Waals surface area contributed by atoms with Gasteiger partial charge in [-0.3, -0.25) is 9.78 Å². The summed E-state index contributed by atoms with van der Waals surface area (Å²) in [4.78, 5) is 27.2. The highest BCUT2D eigenvalue weighted by Gasteiger charge is 2.34. The normalized spacial score (nSPS) is 24.3. The van der Waals surface area contributed by atoms with Gasteiger partial charge in [-0.05, 0) is 63.2 Å². The Kier molecular flexibility index (Phi) is 6.88. The number of nitrogen functional groups attached to an aromatic ring is 1. The molecule has 2 aliphatic carbocycles. The van der Waals surface area contributed by atoms with Crippen LogP contribution < -0.4 is 5.73 Å². The highest BCUT2D eigenvalue weighted by molar-refractivity contribution is 6.25. The number of aryl methyl sites for hydroxylation is 1. The molecule has 0 radical (unpaired) electrons. The van der Waals surface area contributed by atoms with E-state index in [1.165, 1.54) is 0 Å². The number of aliphatic hydroxyl groups is 1. The van der Waals surface area contributed by atoms with Gasteiger partial charge in [-0.25, -0.2) is 9.97 Å². The summed E-state index contributed by atoms with van der Waals surface area (Å²) >= 11 is 0. The minimum atomic E-state index is 0.0505. The van der Waals surface area contributed by atoms with Gasteiger partial charge in [0.25, 0.3) is 0 Å². The fourth-order valence-electron chi connectivity index (χ4n) is 5.67. The summed E-state index contributed by atoms with van der Waals surface area (Å²) in [6.45, 7) is 2.37. The Morgan fingerprint density at radius 3 is 2.71 bits per heavy atom. The second kappa shape index (κ2) is 10.2. The van der Waals surface area contributed by atoms with Gasteiger partial charge in [-0.15, -0.1) is 0 Å². The number of benzene rings is 1. The Hall–Kier alpha value is -3.16. The average Bonchev–Trinajstić information content (AvgIpc) is 2.86. The Morgan fingerprint density at radius 2 is 1.91 bits per heavy atom. The maximum absolute atomic E-state index is 13.5. The number of anilines is 1. The minimum absolute atomic E-state index is 0.0505. The average molecular weight is 473 g/mol. The Labute approximate surface area is 205 Å². The van der Waals surface area contributed by atoms with E-state index in [2.05, 4.69) is 9.97 Å². The van der Waals surface area contributed by atoms with E-state index in [-0.39, 0.29) is 30.4 Å². The molecular formula is C28H32N4O3. The first-order chi connectivity index (χ1) is 17.0. The molecule has 7 heteroatoms. The molecule has 0 amide bonds. The van der Waals surface area contributed by atoms with E-state index in [0.29, 0.717) is 24.5 Å². The lowest BCUT2D eigenvalue weighted by atomic mass is 9.73. The van der Waals surface area contributed by atoms with Gasteiger partial charge < -0.3 is 15.6 Å². The molecule has 35 heavy (non-hydrogen) atoms. The van der Waals surface area contributed by atoms with Gasteiger partial charge in [-0.1, -0.05) is 18.2 Å². The molecule has 3 aromatic rings. The van der Waals surface area contributed by atoms with E-state index in [1.54, 1.807) is 6.20 Å². The van der Waals surface area contributed by atoms with Crippen LogP contribution in [0.25, 0.3) is 22.6 Å². The molecule has 0 saturated heterocycles. The first-order valence-electron chi connectivity index (χ1n) is 12.5. The maximum atomic E-state index is 13.5. The largest absolute Gasteiger partial charge is 0.394 e. The number of fused-ring (bicyclic) bond motifs is 2. The standard InChI is InChI=1S/C28H32N4O3/c1-17-23-15-24(20-14-19-4-2-3-5-25(19)30-16-20)26(34)11-10-22(27(23)32-28(29)31-17)18-6-8-21(9-7-18)35-13-12-33/h2-5,14-16,18,21-22,33H,6-13H2,1H3,(H2,29,31,32)/b24-15-. The predicted octanol–water partition coefficient (Wildman–Crippen LogP) is 4.47. The number of carbonyl (C=O) groups excluding carboxylic acids is 1. The summed E-state index contributed by atoms with van der Waals surface area (Å²) in [5.41, 5.74) is 11.1. The number of ether oxygens (including phenoxy) is 1. The van der Waals surface area contributed by atoms with Gasteiger partial charge in [0, 0.05) is 40.6 Å². The first-order valence-corrected chi connectivity index (χ1v) is 12.5. The summed E-state index contributed by atoms with van der Waals surface area (Å²) in [6, 6.07) is 9.96. The summed E-state index contributed by atoms with van der Waals surface area (Å²) < 4.78 is 5.77. The Bertz CT molecular complexity index is 1260. The fraction of sp³-hybridized carbons (Fsp3) is 0.429. The van der Waals surface area contributed by atoms with E-state index in [9.17, 15) is 4.79 Å². The molecule has 1 saturated carbocycles. The van der Waals surface area contributed by atoms with Crippen LogP contribution in [0.4, 0.5) is 5.95 Å². The number of nitrogens with two attached hydrogens (primary N) is 1. The maximum Gasteiger partial charge on any atom is 0.220 e. The van der Waals surface area contributed by atoms with Crippen LogP contribution in [0, 0.1) is 12.8 Å². The molecule has 2 heterocycles. The van der Waals surface area contributed by atoms with Gasteiger partial charge >= 0.3 is 0 Å². The number of hydrogen-bond acceptors (Lipinski definition) is 7. The van der Waals surface area contributed by atoms with Crippen LogP contribution in [0.3, 0.4) is 0 Å². The van der Waals surface area contributed by atoms with E-state index in [0.717, 1.165) is 65.5 Å². The molecule has 182 valence electrons. The lowest BCUT2D eigenvalue weighted by molar-refractivity contribution is -0.114. The molecule has 1 unspecified atom stereocenters. The van der Waals surface area contributed by atoms with E-state index in [4.69, 9.17) is 20.6 Å². The third-order valence-corrected chi connectivity index (χ3v) is 7.44. The van der Waals surface area contributed by atoms with Gasteiger partial charge in [-0.2, -0.15) is 0 Å². The van der Waals surface area contributed by atoms with Crippen molar-refractivity contribution in [2.75, 3.05) is 18.9 Å². The lowest BCUT2D eigenvalue weighted by Gasteiger charge is -2.35. The lowest BCUT2D eigenvalue weighted by Crippen LogP contribution is -2.28. The molecule has 0 spiro atoms. The van der Waals surface area contributed by atoms with Crippen LogP contribution in [0.5, 0.6) is 0 Å². The van der Waals surface area contributed by atoms with Crippen molar-refractivity contribution in [2.45, 2.75) is 57.5 Å². The molecule has 7 nitrogen and oxygen atoms in total. The topological polar surface area (TPSA) is 111 Å². The number of nitrogens with zero attached hydrogens (tertiary/aromatic N) is 3. The van der Waals surface area contributed by atoms with Crippen molar-refractivity contribution in [1.82, 2.24) is 15.0 Å². The highest BCUT2D eigenvalue weighted by atomic mass is 16.5. The molecule has 1 aromatic carbocycles. The van der Waals surface area contributed by atoms with Crippen molar-refractivity contribution in [3.63, 3.8) is 0 Å². The summed E-state index contributed by atoms with van der Waals surface area (Å²) in [5, 5.41) is 10.1. The fourth-order valence-corrected chi connectivity index (χ4v) is 5.67. The Balaban J connectivity index is 1.52. The van der Waals surface area contributed by atoms with Crippen molar-refractivity contribution >= 4 is 34.3 Å². The SMILES string of the molecule is Cc1nc(N)nc2c1/C=C(/c1cnc3ccccc3c1)C(=O)CCC2C1CCC(OCCO)CC1. The smallest absolute Gasteiger partial charge is 0.220 e. The molecule has 1 atom stereocenters. The third kappa shape index (κ3) is 4.97.